The summed E-state index contributed by atoms with van der Waals surface area (Å²) in [4.78, 5) is 0. The molecule has 3 N–H and O–H groups in total. The SMILES string of the molecule is Cc1cccc(C)c1Nc1ccc(C#N)cc1N. The Labute approximate surface area is 107 Å². The molecule has 0 spiro atoms. The fourth-order valence-electron chi connectivity index (χ4n) is 1.89. The van der Waals surface area contributed by atoms with Gasteiger partial charge in [-0.2, -0.15) is 5.26 Å². The van der Waals surface area contributed by atoms with Crippen molar-refractivity contribution >= 4 is 17.1 Å². The minimum Gasteiger partial charge on any atom is -0.397 e. The second-order valence-corrected chi connectivity index (χ2v) is 4.31. The van der Waals surface area contributed by atoms with E-state index >= 15 is 0 Å². The van der Waals surface area contributed by atoms with Crippen molar-refractivity contribution < 1.29 is 0 Å². The van der Waals surface area contributed by atoms with E-state index in [-0.39, 0.29) is 0 Å². The molecular formula is C15H15N3. The zero-order valence-corrected chi connectivity index (χ0v) is 10.5. The molecule has 0 aliphatic rings. The number of aryl methyl sites for hydroxylation is 2. The minimum absolute atomic E-state index is 0.569. The van der Waals surface area contributed by atoms with Crippen LogP contribution in [0.4, 0.5) is 17.1 Å². The van der Waals surface area contributed by atoms with E-state index in [0.717, 1.165) is 11.4 Å². The number of nitrogens with one attached hydrogen (secondary N) is 1. The van der Waals surface area contributed by atoms with E-state index < -0.39 is 0 Å². The van der Waals surface area contributed by atoms with Crippen LogP contribution in [0.5, 0.6) is 0 Å². The van der Waals surface area contributed by atoms with E-state index in [4.69, 9.17) is 11.0 Å². The predicted molar refractivity (Wildman–Crippen MR) is 74.8 cm³/mol. The molecule has 0 bridgehead atoms. The van der Waals surface area contributed by atoms with Crippen LogP contribution in [0, 0.1) is 25.2 Å². The molecule has 0 aromatic heterocycles. The molecule has 18 heavy (non-hydrogen) atoms. The third-order valence-electron chi connectivity index (χ3n) is 2.92. The average Bonchev–Trinajstić information content (AvgIpc) is 2.35. The first-order chi connectivity index (χ1) is 8.61. The molecule has 0 saturated carbocycles. The number of benzene rings is 2. The first kappa shape index (κ1) is 12.0. The molecule has 3 heteroatoms. The molecule has 0 radical (unpaired) electrons. The fraction of sp³-hybridized carbons (Fsp3) is 0.133. The zero-order chi connectivity index (χ0) is 13.1. The normalized spacial score (nSPS) is 9.83. The van der Waals surface area contributed by atoms with Crippen LogP contribution in [0.15, 0.2) is 36.4 Å². The topological polar surface area (TPSA) is 61.8 Å². The summed E-state index contributed by atoms with van der Waals surface area (Å²) >= 11 is 0. The van der Waals surface area contributed by atoms with Gasteiger partial charge in [-0.15, -0.1) is 0 Å². The number of nitrogens with two attached hydrogens (primary N) is 1. The molecule has 0 heterocycles. The highest BCUT2D eigenvalue weighted by atomic mass is 14.9. The standard InChI is InChI=1S/C15H15N3/c1-10-4-3-5-11(2)15(10)18-14-7-6-12(9-16)8-13(14)17/h3-8,18H,17H2,1-2H3. The van der Waals surface area contributed by atoms with Crippen LogP contribution in [0.3, 0.4) is 0 Å². The highest BCUT2D eigenvalue weighted by Crippen LogP contribution is 2.28. The molecule has 0 fully saturated rings. The number of nitrogens with zero attached hydrogens (tertiary/aromatic N) is 1. The molecule has 0 aliphatic carbocycles. The molecule has 2 aromatic rings. The highest BCUT2D eigenvalue weighted by Gasteiger charge is 2.05. The lowest BCUT2D eigenvalue weighted by atomic mass is 10.1. The first-order valence-electron chi connectivity index (χ1n) is 5.74. The number of anilines is 3. The van der Waals surface area contributed by atoms with Crippen molar-refractivity contribution in [2.24, 2.45) is 0 Å². The Morgan fingerprint density at radius 1 is 1.11 bits per heavy atom. The maximum Gasteiger partial charge on any atom is 0.0992 e. The molecule has 2 aromatic carbocycles. The molecular weight excluding hydrogens is 222 g/mol. The highest BCUT2D eigenvalue weighted by molar-refractivity contribution is 5.76. The summed E-state index contributed by atoms with van der Waals surface area (Å²) in [6.07, 6.45) is 0. The van der Waals surface area contributed by atoms with Gasteiger partial charge in [-0.05, 0) is 43.2 Å². The second-order valence-electron chi connectivity index (χ2n) is 4.31. The van der Waals surface area contributed by atoms with Crippen LogP contribution in [0.2, 0.25) is 0 Å². The summed E-state index contributed by atoms with van der Waals surface area (Å²) in [6, 6.07) is 13.5. The van der Waals surface area contributed by atoms with Crippen LogP contribution in [0.1, 0.15) is 16.7 Å². The lowest BCUT2D eigenvalue weighted by Crippen LogP contribution is -2.00. The van der Waals surface area contributed by atoms with Gasteiger partial charge in [-0.3, -0.25) is 0 Å². The summed E-state index contributed by atoms with van der Waals surface area (Å²) in [5.74, 6) is 0. The Morgan fingerprint density at radius 2 is 1.78 bits per heavy atom. The van der Waals surface area contributed by atoms with Gasteiger partial charge in [0.1, 0.15) is 0 Å². The van der Waals surface area contributed by atoms with Crippen molar-refractivity contribution in [3.8, 4) is 6.07 Å². The van der Waals surface area contributed by atoms with Crippen molar-refractivity contribution in [1.29, 1.82) is 5.26 Å². The van der Waals surface area contributed by atoms with E-state index in [0.29, 0.717) is 11.3 Å². The van der Waals surface area contributed by atoms with E-state index in [2.05, 4.69) is 37.4 Å². The number of hydrogen-bond acceptors (Lipinski definition) is 3. The maximum absolute atomic E-state index is 8.80. The molecule has 0 saturated heterocycles. The Balaban J connectivity index is 2.38. The van der Waals surface area contributed by atoms with Gasteiger partial charge in [0.15, 0.2) is 0 Å². The van der Waals surface area contributed by atoms with Crippen LogP contribution in [-0.4, -0.2) is 0 Å². The van der Waals surface area contributed by atoms with Crippen molar-refractivity contribution in [3.05, 3.63) is 53.1 Å². The Bertz CT molecular complexity index is 604. The van der Waals surface area contributed by atoms with Crippen molar-refractivity contribution in [2.45, 2.75) is 13.8 Å². The zero-order valence-electron chi connectivity index (χ0n) is 10.5. The maximum atomic E-state index is 8.80. The quantitative estimate of drug-likeness (QED) is 0.786. The fourth-order valence-corrected chi connectivity index (χ4v) is 1.89. The molecule has 3 nitrogen and oxygen atoms in total. The van der Waals surface area contributed by atoms with Crippen molar-refractivity contribution in [2.75, 3.05) is 11.1 Å². The minimum atomic E-state index is 0.569. The van der Waals surface area contributed by atoms with Crippen molar-refractivity contribution in [3.63, 3.8) is 0 Å². The van der Waals surface area contributed by atoms with E-state index in [1.807, 2.05) is 12.1 Å². The molecule has 0 aliphatic heterocycles. The third kappa shape index (κ3) is 2.28. The summed E-state index contributed by atoms with van der Waals surface area (Å²) < 4.78 is 0. The smallest absolute Gasteiger partial charge is 0.0992 e. The molecule has 0 unspecified atom stereocenters. The van der Waals surface area contributed by atoms with Gasteiger partial charge in [0.05, 0.1) is 23.0 Å². The predicted octanol–water partition coefficient (Wildman–Crippen LogP) is 3.50. The van der Waals surface area contributed by atoms with Crippen LogP contribution in [-0.2, 0) is 0 Å². The molecule has 0 atom stereocenters. The van der Waals surface area contributed by atoms with Gasteiger partial charge in [0.25, 0.3) is 0 Å². The number of rotatable bonds is 2. The summed E-state index contributed by atoms with van der Waals surface area (Å²) in [6.45, 7) is 4.10. The average molecular weight is 237 g/mol. The van der Waals surface area contributed by atoms with Crippen LogP contribution < -0.4 is 11.1 Å². The van der Waals surface area contributed by atoms with Crippen LogP contribution >= 0.6 is 0 Å². The van der Waals surface area contributed by atoms with E-state index in [1.165, 1.54) is 11.1 Å². The number of nitriles is 1. The lowest BCUT2D eigenvalue weighted by Gasteiger charge is -2.14. The monoisotopic (exact) mass is 237 g/mol. The van der Waals surface area contributed by atoms with Gasteiger partial charge in [0, 0.05) is 5.69 Å². The van der Waals surface area contributed by atoms with Crippen molar-refractivity contribution in [1.82, 2.24) is 0 Å². The Morgan fingerprint density at radius 3 is 2.33 bits per heavy atom. The summed E-state index contributed by atoms with van der Waals surface area (Å²) in [5, 5.41) is 12.1. The van der Waals surface area contributed by atoms with E-state index in [1.54, 1.807) is 12.1 Å². The van der Waals surface area contributed by atoms with Gasteiger partial charge in [-0.25, -0.2) is 0 Å². The van der Waals surface area contributed by atoms with Gasteiger partial charge in [-0.1, -0.05) is 18.2 Å². The Hall–Kier alpha value is -2.47. The van der Waals surface area contributed by atoms with Gasteiger partial charge in [0.2, 0.25) is 0 Å². The molecule has 2 rings (SSSR count). The lowest BCUT2D eigenvalue weighted by molar-refractivity contribution is 1.36. The summed E-state index contributed by atoms with van der Waals surface area (Å²) in [5.41, 5.74) is 11.3. The van der Waals surface area contributed by atoms with Gasteiger partial charge < -0.3 is 11.1 Å². The molecule has 0 amide bonds. The summed E-state index contributed by atoms with van der Waals surface area (Å²) in [7, 11) is 0. The second kappa shape index (κ2) is 4.80. The van der Waals surface area contributed by atoms with E-state index in [9.17, 15) is 0 Å². The van der Waals surface area contributed by atoms with Crippen LogP contribution in [0.25, 0.3) is 0 Å². The molecule has 90 valence electrons. The first-order valence-corrected chi connectivity index (χ1v) is 5.74. The van der Waals surface area contributed by atoms with Gasteiger partial charge >= 0.3 is 0 Å². The number of para-hydroxylation sites is 1. The number of hydrogen-bond donors (Lipinski definition) is 2. The number of nitrogen functional groups attached to an aromatic ring is 1. The Kier molecular flexibility index (Phi) is 3.20. The largest absolute Gasteiger partial charge is 0.397 e. The third-order valence-corrected chi connectivity index (χ3v) is 2.92.